The van der Waals surface area contributed by atoms with Crippen molar-refractivity contribution in [1.29, 1.82) is 0 Å². The van der Waals surface area contributed by atoms with Gasteiger partial charge in [0, 0.05) is 17.1 Å². The molecule has 2 rings (SSSR count). The van der Waals surface area contributed by atoms with E-state index in [4.69, 9.17) is 0 Å². The van der Waals surface area contributed by atoms with Gasteiger partial charge < -0.3 is 0 Å². The molecular formula is C15H16N2OS. The molecule has 2 aromatic rings. The Morgan fingerprint density at radius 3 is 2.79 bits per heavy atom. The van der Waals surface area contributed by atoms with Crippen LogP contribution in [0.3, 0.4) is 0 Å². The van der Waals surface area contributed by atoms with Gasteiger partial charge in [0.15, 0.2) is 5.13 Å². The monoisotopic (exact) mass is 272 g/mol. The Labute approximate surface area is 117 Å². The number of anilines is 1. The van der Waals surface area contributed by atoms with Crippen LogP contribution in [0, 0.1) is 0 Å². The number of aromatic nitrogens is 1. The van der Waals surface area contributed by atoms with Crippen molar-refractivity contribution in [2.24, 2.45) is 0 Å². The molecule has 0 bridgehead atoms. The second kappa shape index (κ2) is 6.85. The summed E-state index contributed by atoms with van der Waals surface area (Å²) in [6.07, 6.45) is 8.11. The van der Waals surface area contributed by atoms with E-state index in [1.807, 2.05) is 29.6 Å². The van der Waals surface area contributed by atoms with Crippen LogP contribution in [0.5, 0.6) is 0 Å². The molecule has 1 heterocycles. The van der Waals surface area contributed by atoms with Crippen molar-refractivity contribution < 1.29 is 4.79 Å². The Balaban J connectivity index is 1.99. The summed E-state index contributed by atoms with van der Waals surface area (Å²) in [5.74, 6) is -0.126. The molecule has 4 heteroatoms. The fourth-order valence-corrected chi connectivity index (χ4v) is 2.11. The molecule has 19 heavy (non-hydrogen) atoms. The maximum absolute atomic E-state index is 11.9. The van der Waals surface area contributed by atoms with E-state index in [0.717, 1.165) is 18.4 Å². The fourth-order valence-electron chi connectivity index (χ4n) is 1.59. The molecule has 0 atom stereocenters. The van der Waals surface area contributed by atoms with Crippen LogP contribution in [0.25, 0.3) is 6.08 Å². The number of carbonyl (C=O) groups is 1. The van der Waals surface area contributed by atoms with Gasteiger partial charge in [-0.15, -0.1) is 11.3 Å². The molecule has 0 saturated carbocycles. The Kier molecular flexibility index (Phi) is 4.86. The van der Waals surface area contributed by atoms with E-state index < -0.39 is 0 Å². The van der Waals surface area contributed by atoms with Gasteiger partial charge in [0.25, 0.3) is 5.91 Å². The topological polar surface area (TPSA) is 42.0 Å². The highest BCUT2D eigenvalue weighted by atomic mass is 32.1. The number of benzene rings is 1. The van der Waals surface area contributed by atoms with Crippen LogP contribution < -0.4 is 5.32 Å². The number of unbranched alkanes of at least 4 members (excludes halogenated alkanes) is 1. The van der Waals surface area contributed by atoms with Gasteiger partial charge in [0.2, 0.25) is 0 Å². The lowest BCUT2D eigenvalue weighted by molar-refractivity contribution is 0.102. The zero-order valence-electron chi connectivity index (χ0n) is 10.8. The molecule has 1 amide bonds. The fraction of sp³-hybridized carbons (Fsp3) is 0.200. The minimum Gasteiger partial charge on any atom is -0.298 e. The van der Waals surface area contributed by atoms with Crippen LogP contribution in [0.15, 0.2) is 41.9 Å². The van der Waals surface area contributed by atoms with E-state index >= 15 is 0 Å². The second-order valence-electron chi connectivity index (χ2n) is 4.10. The lowest BCUT2D eigenvalue weighted by atomic mass is 10.1. The molecule has 0 spiro atoms. The number of allylic oxidation sites excluding steroid dienone is 1. The average molecular weight is 272 g/mol. The average Bonchev–Trinajstić information content (AvgIpc) is 2.93. The van der Waals surface area contributed by atoms with Gasteiger partial charge in [0.1, 0.15) is 0 Å². The first-order valence-electron chi connectivity index (χ1n) is 6.27. The molecule has 1 aromatic heterocycles. The van der Waals surface area contributed by atoms with E-state index in [1.165, 1.54) is 11.3 Å². The van der Waals surface area contributed by atoms with Gasteiger partial charge in [-0.1, -0.05) is 37.6 Å². The molecule has 0 saturated heterocycles. The zero-order valence-corrected chi connectivity index (χ0v) is 11.6. The van der Waals surface area contributed by atoms with Crippen LogP contribution in [-0.4, -0.2) is 10.9 Å². The molecule has 98 valence electrons. The second-order valence-corrected chi connectivity index (χ2v) is 5.00. The summed E-state index contributed by atoms with van der Waals surface area (Å²) in [5.41, 5.74) is 1.75. The summed E-state index contributed by atoms with van der Waals surface area (Å²) in [4.78, 5) is 15.9. The van der Waals surface area contributed by atoms with Gasteiger partial charge >= 0.3 is 0 Å². The molecule has 3 nitrogen and oxygen atoms in total. The first-order chi connectivity index (χ1) is 9.29. The molecule has 0 aliphatic rings. The van der Waals surface area contributed by atoms with E-state index in [9.17, 15) is 4.79 Å². The summed E-state index contributed by atoms with van der Waals surface area (Å²) in [6.45, 7) is 2.15. The van der Waals surface area contributed by atoms with Crippen molar-refractivity contribution >= 4 is 28.5 Å². The maximum Gasteiger partial charge on any atom is 0.257 e. The number of carbonyl (C=O) groups excluding carboxylic acids is 1. The van der Waals surface area contributed by atoms with Crippen LogP contribution >= 0.6 is 11.3 Å². The minimum atomic E-state index is -0.126. The standard InChI is InChI=1S/C15H16N2OS/c1-2-3-4-5-12-6-8-13(9-7-12)14(18)17-15-16-10-11-19-15/h4-11H,2-3H2,1H3,(H,16,17,18)/b5-4+. The third-order valence-electron chi connectivity index (χ3n) is 2.59. The molecule has 0 aliphatic heterocycles. The maximum atomic E-state index is 11.9. The van der Waals surface area contributed by atoms with E-state index in [2.05, 4.69) is 29.4 Å². The molecular weight excluding hydrogens is 256 g/mol. The van der Waals surface area contributed by atoms with Gasteiger partial charge in [-0.2, -0.15) is 0 Å². The van der Waals surface area contributed by atoms with Crippen molar-refractivity contribution in [3.8, 4) is 0 Å². The number of thiazole rings is 1. The first-order valence-corrected chi connectivity index (χ1v) is 7.15. The number of rotatable bonds is 5. The summed E-state index contributed by atoms with van der Waals surface area (Å²) in [6, 6.07) is 7.55. The van der Waals surface area contributed by atoms with E-state index in [0.29, 0.717) is 10.7 Å². The summed E-state index contributed by atoms with van der Waals surface area (Å²) in [7, 11) is 0. The largest absolute Gasteiger partial charge is 0.298 e. The van der Waals surface area contributed by atoms with Gasteiger partial charge in [0.05, 0.1) is 0 Å². The van der Waals surface area contributed by atoms with E-state index in [-0.39, 0.29) is 5.91 Å². The summed E-state index contributed by atoms with van der Waals surface area (Å²) < 4.78 is 0. The number of hydrogen-bond acceptors (Lipinski definition) is 3. The zero-order chi connectivity index (χ0) is 13.5. The summed E-state index contributed by atoms with van der Waals surface area (Å²) in [5, 5.41) is 5.21. The van der Waals surface area contributed by atoms with Gasteiger partial charge in [-0.3, -0.25) is 10.1 Å². The Hall–Kier alpha value is -1.94. The lowest BCUT2D eigenvalue weighted by Crippen LogP contribution is -2.11. The van der Waals surface area contributed by atoms with Gasteiger partial charge in [-0.05, 0) is 24.1 Å². The SMILES string of the molecule is CCC/C=C/c1ccc(C(=O)Nc2nccs2)cc1. The molecule has 0 fully saturated rings. The third kappa shape index (κ3) is 4.03. The smallest absolute Gasteiger partial charge is 0.257 e. The Bertz CT molecular complexity index is 544. The first kappa shape index (κ1) is 13.5. The van der Waals surface area contributed by atoms with Crippen LogP contribution in [0.2, 0.25) is 0 Å². The van der Waals surface area contributed by atoms with Gasteiger partial charge in [-0.25, -0.2) is 4.98 Å². The number of hydrogen-bond donors (Lipinski definition) is 1. The number of nitrogens with one attached hydrogen (secondary N) is 1. The van der Waals surface area contributed by atoms with Crippen molar-refractivity contribution in [3.63, 3.8) is 0 Å². The van der Waals surface area contributed by atoms with Crippen molar-refractivity contribution in [1.82, 2.24) is 4.98 Å². The van der Waals surface area contributed by atoms with Crippen LogP contribution in [0.4, 0.5) is 5.13 Å². The quantitative estimate of drug-likeness (QED) is 0.886. The predicted octanol–water partition coefficient (Wildman–Crippen LogP) is 4.21. The lowest BCUT2D eigenvalue weighted by Gasteiger charge is -2.02. The molecule has 1 N–H and O–H groups in total. The molecule has 0 unspecified atom stereocenters. The van der Waals surface area contributed by atoms with Crippen molar-refractivity contribution in [2.75, 3.05) is 5.32 Å². The molecule has 1 aromatic carbocycles. The highest BCUT2D eigenvalue weighted by molar-refractivity contribution is 7.13. The summed E-state index contributed by atoms with van der Waals surface area (Å²) >= 11 is 1.41. The van der Waals surface area contributed by atoms with Crippen LogP contribution in [-0.2, 0) is 0 Å². The minimum absolute atomic E-state index is 0.126. The Morgan fingerprint density at radius 1 is 1.37 bits per heavy atom. The highest BCUT2D eigenvalue weighted by Gasteiger charge is 2.06. The van der Waals surface area contributed by atoms with Crippen LogP contribution in [0.1, 0.15) is 35.7 Å². The normalized spacial score (nSPS) is 10.8. The number of nitrogens with zero attached hydrogens (tertiary/aromatic N) is 1. The van der Waals surface area contributed by atoms with Crippen molar-refractivity contribution in [2.45, 2.75) is 19.8 Å². The number of amides is 1. The molecule has 0 radical (unpaired) electrons. The Morgan fingerprint density at radius 2 is 2.16 bits per heavy atom. The van der Waals surface area contributed by atoms with E-state index in [1.54, 1.807) is 6.20 Å². The molecule has 0 aliphatic carbocycles. The predicted molar refractivity (Wildman–Crippen MR) is 80.5 cm³/mol. The van der Waals surface area contributed by atoms with Crippen molar-refractivity contribution in [3.05, 3.63) is 53.0 Å². The third-order valence-corrected chi connectivity index (χ3v) is 3.28. The highest BCUT2D eigenvalue weighted by Crippen LogP contribution is 2.13.